The first-order chi connectivity index (χ1) is 13.2. The molecule has 4 aliphatic carbocycles. The van der Waals surface area contributed by atoms with Crippen LogP contribution in [0.25, 0.3) is 0 Å². The maximum absolute atomic E-state index is 14.0. The molecule has 4 saturated carbocycles. The van der Waals surface area contributed by atoms with Crippen LogP contribution in [0.15, 0.2) is 30.3 Å². The Kier molecular flexibility index (Phi) is 3.89. The first-order valence-electron chi connectivity index (χ1n) is 11.3. The normalized spacial score (nSPS) is 43.9. The van der Waals surface area contributed by atoms with Crippen molar-refractivity contribution < 1.29 is 4.79 Å². The maximum Gasteiger partial charge on any atom is 0.228 e. The minimum Gasteiger partial charge on any atom is -0.342 e. The van der Waals surface area contributed by atoms with Gasteiger partial charge in [-0.25, -0.2) is 0 Å². The van der Waals surface area contributed by atoms with Crippen LogP contribution in [-0.4, -0.2) is 29.9 Å². The van der Waals surface area contributed by atoms with E-state index in [1.165, 1.54) is 24.8 Å². The smallest absolute Gasteiger partial charge is 0.228 e. The summed E-state index contributed by atoms with van der Waals surface area (Å²) in [7, 11) is 0. The molecule has 1 saturated heterocycles. The van der Waals surface area contributed by atoms with Gasteiger partial charge in [0.1, 0.15) is 0 Å². The number of carbonyl (C=O) groups is 1. The van der Waals surface area contributed by atoms with E-state index in [0.29, 0.717) is 17.2 Å². The quantitative estimate of drug-likeness (QED) is 0.821. The lowest BCUT2D eigenvalue weighted by Crippen LogP contribution is -2.64. The fraction of sp³-hybridized carbons (Fsp3) is 0.720. The molecule has 3 heteroatoms. The molecule has 3 nitrogen and oxygen atoms in total. The highest BCUT2D eigenvalue weighted by Gasteiger charge is 2.65. The number of hydrogen-bond acceptors (Lipinski definition) is 2. The summed E-state index contributed by atoms with van der Waals surface area (Å²) >= 11 is 0. The van der Waals surface area contributed by atoms with E-state index in [1.54, 1.807) is 0 Å². The van der Waals surface area contributed by atoms with E-state index in [4.69, 9.17) is 5.73 Å². The Morgan fingerprint density at radius 1 is 1.04 bits per heavy atom. The molecule has 28 heavy (non-hydrogen) atoms. The first-order valence-corrected chi connectivity index (χ1v) is 11.3. The monoisotopic (exact) mass is 380 g/mol. The number of carbonyl (C=O) groups excluding carboxylic acids is 1. The van der Waals surface area contributed by atoms with Crippen LogP contribution < -0.4 is 5.73 Å². The third-order valence-corrected chi connectivity index (χ3v) is 8.79. The molecule has 1 aliphatic heterocycles. The Bertz CT molecular complexity index is 789. The number of nitrogens with two attached hydrogens (primary N) is 1. The SMILES string of the molecule is CC1(C)CN(C(=O)C23CC4C[C@@](C)(C2)C[C@](c2ccccc2)(C4)C3)CC[C@H]1N. The lowest BCUT2D eigenvalue weighted by atomic mass is 9.38. The summed E-state index contributed by atoms with van der Waals surface area (Å²) in [5.74, 6) is 1.15. The van der Waals surface area contributed by atoms with E-state index in [1.807, 2.05) is 0 Å². The Balaban J connectivity index is 1.50. The molecule has 5 aliphatic rings. The van der Waals surface area contributed by atoms with Gasteiger partial charge in [0.15, 0.2) is 0 Å². The lowest BCUT2D eigenvalue weighted by molar-refractivity contribution is -0.173. The number of benzene rings is 1. The second-order valence-corrected chi connectivity index (χ2v) is 11.9. The van der Waals surface area contributed by atoms with E-state index < -0.39 is 0 Å². The average Bonchev–Trinajstić information content (AvgIpc) is 2.62. The molecular formula is C25H36N2O. The van der Waals surface area contributed by atoms with Crippen molar-refractivity contribution in [2.24, 2.45) is 27.9 Å². The molecule has 5 atom stereocenters. The van der Waals surface area contributed by atoms with Crippen molar-refractivity contribution >= 4 is 5.91 Å². The van der Waals surface area contributed by atoms with Gasteiger partial charge in [-0.05, 0) is 72.7 Å². The van der Waals surface area contributed by atoms with Gasteiger partial charge in [0.05, 0.1) is 5.41 Å². The van der Waals surface area contributed by atoms with Gasteiger partial charge in [-0.1, -0.05) is 51.1 Å². The van der Waals surface area contributed by atoms with Gasteiger partial charge in [-0.3, -0.25) is 4.79 Å². The van der Waals surface area contributed by atoms with Gasteiger partial charge in [0.2, 0.25) is 5.91 Å². The highest BCUT2D eigenvalue weighted by molar-refractivity contribution is 5.84. The Hall–Kier alpha value is -1.35. The summed E-state index contributed by atoms with van der Waals surface area (Å²) in [6, 6.07) is 11.3. The van der Waals surface area contributed by atoms with Crippen molar-refractivity contribution in [3.05, 3.63) is 35.9 Å². The van der Waals surface area contributed by atoms with Gasteiger partial charge >= 0.3 is 0 Å². The second kappa shape index (κ2) is 5.84. The van der Waals surface area contributed by atoms with Crippen LogP contribution in [0.5, 0.6) is 0 Å². The number of piperidine rings is 1. The van der Waals surface area contributed by atoms with Crippen molar-refractivity contribution in [1.29, 1.82) is 0 Å². The van der Waals surface area contributed by atoms with E-state index >= 15 is 0 Å². The summed E-state index contributed by atoms with van der Waals surface area (Å²) in [6.45, 7) is 8.57. The zero-order chi connectivity index (χ0) is 19.8. The van der Waals surface area contributed by atoms with Crippen molar-refractivity contribution in [3.8, 4) is 0 Å². The molecule has 2 N–H and O–H groups in total. The maximum atomic E-state index is 14.0. The molecule has 0 aromatic heterocycles. The zero-order valence-corrected chi connectivity index (χ0v) is 17.8. The molecule has 1 amide bonds. The van der Waals surface area contributed by atoms with Crippen molar-refractivity contribution in [3.63, 3.8) is 0 Å². The van der Waals surface area contributed by atoms with Gasteiger partial charge < -0.3 is 10.6 Å². The lowest BCUT2D eigenvalue weighted by Gasteiger charge is -2.66. The molecule has 2 unspecified atom stereocenters. The molecule has 1 aromatic carbocycles. The summed E-state index contributed by atoms with van der Waals surface area (Å²) in [6.07, 6.45) is 8.03. The minimum atomic E-state index is -0.151. The number of hydrogen-bond donors (Lipinski definition) is 1. The van der Waals surface area contributed by atoms with Gasteiger partial charge in [0, 0.05) is 19.1 Å². The minimum absolute atomic E-state index is 0.0111. The number of nitrogens with zero attached hydrogens (tertiary/aromatic N) is 1. The topological polar surface area (TPSA) is 46.3 Å². The molecule has 6 rings (SSSR count). The summed E-state index contributed by atoms with van der Waals surface area (Å²) < 4.78 is 0. The van der Waals surface area contributed by atoms with Crippen LogP contribution in [0, 0.1) is 22.2 Å². The predicted octanol–water partition coefficient (Wildman–Crippen LogP) is 4.50. The van der Waals surface area contributed by atoms with Gasteiger partial charge in [0.25, 0.3) is 0 Å². The van der Waals surface area contributed by atoms with Crippen LogP contribution in [0.1, 0.15) is 71.3 Å². The molecule has 4 bridgehead atoms. The van der Waals surface area contributed by atoms with Crippen molar-refractivity contribution in [2.75, 3.05) is 13.1 Å². The molecule has 0 spiro atoms. The van der Waals surface area contributed by atoms with E-state index in [2.05, 4.69) is 56.0 Å². The Morgan fingerprint density at radius 3 is 2.46 bits per heavy atom. The van der Waals surface area contributed by atoms with Crippen LogP contribution in [0.4, 0.5) is 0 Å². The van der Waals surface area contributed by atoms with E-state index in [-0.39, 0.29) is 22.3 Å². The van der Waals surface area contributed by atoms with Gasteiger partial charge in [-0.15, -0.1) is 0 Å². The fourth-order valence-corrected chi connectivity index (χ4v) is 8.16. The third kappa shape index (κ3) is 2.69. The van der Waals surface area contributed by atoms with Crippen LogP contribution in [0.2, 0.25) is 0 Å². The van der Waals surface area contributed by atoms with Crippen LogP contribution in [0.3, 0.4) is 0 Å². The Labute approximate surface area is 170 Å². The van der Waals surface area contributed by atoms with Gasteiger partial charge in [-0.2, -0.15) is 0 Å². The zero-order valence-electron chi connectivity index (χ0n) is 17.8. The number of rotatable bonds is 2. The molecule has 1 heterocycles. The van der Waals surface area contributed by atoms with Crippen molar-refractivity contribution in [2.45, 2.75) is 77.2 Å². The summed E-state index contributed by atoms with van der Waals surface area (Å²) in [5.41, 5.74) is 8.21. The Morgan fingerprint density at radius 2 is 1.79 bits per heavy atom. The number of amides is 1. The molecule has 152 valence electrons. The second-order valence-electron chi connectivity index (χ2n) is 11.9. The molecular weight excluding hydrogens is 344 g/mol. The highest BCUT2D eigenvalue weighted by atomic mass is 16.2. The predicted molar refractivity (Wildman–Crippen MR) is 113 cm³/mol. The largest absolute Gasteiger partial charge is 0.342 e. The molecule has 5 fully saturated rings. The fourth-order valence-electron chi connectivity index (χ4n) is 8.16. The average molecular weight is 381 g/mol. The molecule has 1 aromatic rings. The summed E-state index contributed by atoms with van der Waals surface area (Å²) in [5, 5.41) is 0. The van der Waals surface area contributed by atoms with E-state index in [0.717, 1.165) is 38.8 Å². The standard InChI is InChI=1S/C25H36N2O/c1-22(2)17-27(10-9-20(22)26)21(28)25-13-18-11-23(3,15-25)14-24(12-18,16-25)19-7-5-4-6-8-19/h4-8,18,20H,9-17,26H2,1-3H3/t18?,20-,23-,24-,25?/m1/s1. The van der Waals surface area contributed by atoms with Crippen molar-refractivity contribution in [1.82, 2.24) is 4.90 Å². The number of likely N-dealkylation sites (tertiary alicyclic amines) is 1. The molecule has 0 radical (unpaired) electrons. The third-order valence-electron chi connectivity index (χ3n) is 8.79. The van der Waals surface area contributed by atoms with Crippen LogP contribution in [-0.2, 0) is 10.2 Å². The summed E-state index contributed by atoms with van der Waals surface area (Å²) in [4.78, 5) is 16.2. The highest BCUT2D eigenvalue weighted by Crippen LogP contribution is 2.70. The first kappa shape index (κ1) is 18.7. The van der Waals surface area contributed by atoms with Crippen LogP contribution >= 0.6 is 0 Å². The van der Waals surface area contributed by atoms with E-state index in [9.17, 15) is 4.79 Å².